The highest BCUT2D eigenvalue weighted by Crippen LogP contribution is 2.20. The van der Waals surface area contributed by atoms with Crippen LogP contribution in [0.1, 0.15) is 23.3 Å². The summed E-state index contributed by atoms with van der Waals surface area (Å²) in [6, 6.07) is 5.59. The monoisotopic (exact) mass is 400 g/mol. The van der Waals surface area contributed by atoms with Crippen molar-refractivity contribution in [1.29, 1.82) is 0 Å². The first-order valence-corrected chi connectivity index (χ1v) is 7.61. The fourth-order valence-corrected chi connectivity index (χ4v) is 2.95. The summed E-state index contributed by atoms with van der Waals surface area (Å²) in [6.07, 6.45) is 1.45. The molecule has 0 radical (unpaired) electrons. The Morgan fingerprint density at radius 1 is 1.43 bits per heavy atom. The minimum absolute atomic E-state index is 0.0567. The van der Waals surface area contributed by atoms with E-state index in [-0.39, 0.29) is 11.6 Å². The molecule has 2 aromatic rings. The van der Waals surface area contributed by atoms with Gasteiger partial charge in [0.25, 0.3) is 0 Å². The Hall–Kier alpha value is -1.41. The predicted octanol–water partition coefficient (Wildman–Crippen LogP) is 2.43. The van der Waals surface area contributed by atoms with E-state index in [0.29, 0.717) is 5.39 Å². The van der Waals surface area contributed by atoms with Crippen molar-refractivity contribution in [3.8, 4) is 0 Å². The lowest BCUT2D eigenvalue weighted by molar-refractivity contribution is 0.0694. The lowest BCUT2D eigenvalue weighted by Crippen LogP contribution is -2.26. The smallest absolute Gasteiger partial charge is 0.341 e. The first-order valence-electron chi connectivity index (χ1n) is 6.53. The van der Waals surface area contributed by atoms with Gasteiger partial charge in [0.05, 0.1) is 5.52 Å². The van der Waals surface area contributed by atoms with Crippen LogP contribution in [0.3, 0.4) is 0 Å². The largest absolute Gasteiger partial charge is 0.477 e. The highest BCUT2D eigenvalue weighted by atomic mass is 127. The number of hydrogen-bond donors (Lipinski definition) is 1. The van der Waals surface area contributed by atoms with E-state index in [1.807, 2.05) is 42.6 Å². The molecule has 0 saturated carbocycles. The molecule has 0 saturated heterocycles. The zero-order chi connectivity index (χ0) is 15.7. The molecule has 1 heterocycles. The molecule has 0 aliphatic heterocycles. The number of benzene rings is 1. The second-order valence-electron chi connectivity index (χ2n) is 5.36. The van der Waals surface area contributed by atoms with Gasteiger partial charge in [0, 0.05) is 27.7 Å². The van der Waals surface area contributed by atoms with Gasteiger partial charge in [-0.2, -0.15) is 0 Å². The lowest BCUT2D eigenvalue weighted by atomic mass is 10.1. The number of aromatic nitrogens is 1. The number of rotatable bonds is 4. The van der Waals surface area contributed by atoms with Crippen LogP contribution in [0.4, 0.5) is 0 Å². The first-order chi connectivity index (χ1) is 9.81. The molecule has 0 aliphatic carbocycles. The number of carboxylic acids is 1. The number of likely N-dealkylation sites (N-methyl/N-ethyl adjacent to an activating group) is 1. The summed E-state index contributed by atoms with van der Waals surface area (Å²) in [6.45, 7) is 2.76. The van der Waals surface area contributed by atoms with E-state index in [9.17, 15) is 14.7 Å². The number of halogens is 1. The molecule has 112 valence electrons. The van der Waals surface area contributed by atoms with Gasteiger partial charge in [-0.1, -0.05) is 0 Å². The topological polar surface area (TPSA) is 62.5 Å². The van der Waals surface area contributed by atoms with Crippen molar-refractivity contribution in [2.45, 2.75) is 13.0 Å². The third kappa shape index (κ3) is 3.26. The molecule has 21 heavy (non-hydrogen) atoms. The van der Waals surface area contributed by atoms with Crippen molar-refractivity contribution < 1.29 is 9.90 Å². The summed E-state index contributed by atoms with van der Waals surface area (Å²) < 4.78 is 2.78. The summed E-state index contributed by atoms with van der Waals surface area (Å²) >= 11 is 2.12. The van der Waals surface area contributed by atoms with Crippen LogP contribution < -0.4 is 5.43 Å². The molecule has 0 amide bonds. The van der Waals surface area contributed by atoms with Crippen LogP contribution in [0.25, 0.3) is 10.9 Å². The Morgan fingerprint density at radius 3 is 2.67 bits per heavy atom. The number of hydrogen-bond acceptors (Lipinski definition) is 3. The van der Waals surface area contributed by atoms with E-state index < -0.39 is 11.4 Å². The summed E-state index contributed by atoms with van der Waals surface area (Å²) in [5.41, 5.74) is 0.152. The fraction of sp³-hybridized carbons (Fsp3) is 0.333. The molecule has 6 heteroatoms. The van der Waals surface area contributed by atoms with Crippen LogP contribution in [0.5, 0.6) is 0 Å². The minimum Gasteiger partial charge on any atom is -0.477 e. The third-order valence-electron chi connectivity index (χ3n) is 3.33. The van der Waals surface area contributed by atoms with Gasteiger partial charge < -0.3 is 14.6 Å². The van der Waals surface area contributed by atoms with Gasteiger partial charge in [-0.3, -0.25) is 4.79 Å². The zero-order valence-corrected chi connectivity index (χ0v) is 14.3. The molecule has 5 nitrogen and oxygen atoms in total. The number of pyridine rings is 1. The summed E-state index contributed by atoms with van der Waals surface area (Å²) in [5, 5.41) is 9.71. The van der Waals surface area contributed by atoms with Crippen molar-refractivity contribution in [2.24, 2.45) is 0 Å². The molecule has 1 aromatic carbocycles. The van der Waals surface area contributed by atoms with Gasteiger partial charge in [-0.15, -0.1) is 0 Å². The van der Waals surface area contributed by atoms with Crippen molar-refractivity contribution in [3.63, 3.8) is 0 Å². The molecular formula is C15H17IN2O3. The van der Waals surface area contributed by atoms with Crippen LogP contribution in [-0.4, -0.2) is 41.2 Å². The van der Waals surface area contributed by atoms with Crippen molar-refractivity contribution >= 4 is 39.5 Å². The highest BCUT2D eigenvalue weighted by molar-refractivity contribution is 14.1. The van der Waals surface area contributed by atoms with E-state index in [1.165, 1.54) is 6.20 Å². The van der Waals surface area contributed by atoms with E-state index in [1.54, 1.807) is 6.07 Å². The van der Waals surface area contributed by atoms with Crippen LogP contribution in [0.2, 0.25) is 0 Å². The maximum absolute atomic E-state index is 12.3. The zero-order valence-electron chi connectivity index (χ0n) is 12.1. The van der Waals surface area contributed by atoms with Crippen molar-refractivity contribution in [1.82, 2.24) is 9.47 Å². The SMILES string of the molecule is CC(CN(C)C)n1cc(C(=O)O)c(=O)c2cc(I)ccc21. The number of fused-ring (bicyclic) bond motifs is 1. The van der Waals surface area contributed by atoms with Crippen molar-refractivity contribution in [2.75, 3.05) is 20.6 Å². The number of nitrogens with zero attached hydrogens (tertiary/aromatic N) is 2. The lowest BCUT2D eigenvalue weighted by Gasteiger charge is -2.22. The van der Waals surface area contributed by atoms with E-state index in [2.05, 4.69) is 22.6 Å². The van der Waals surface area contributed by atoms with Crippen LogP contribution >= 0.6 is 22.6 Å². The van der Waals surface area contributed by atoms with Gasteiger partial charge in [0.2, 0.25) is 5.43 Å². The Balaban J connectivity index is 2.77. The van der Waals surface area contributed by atoms with E-state index >= 15 is 0 Å². The summed E-state index contributed by atoms with van der Waals surface area (Å²) in [7, 11) is 3.92. The van der Waals surface area contributed by atoms with Gasteiger partial charge in [0.15, 0.2) is 0 Å². The Morgan fingerprint density at radius 2 is 2.10 bits per heavy atom. The molecule has 1 unspecified atom stereocenters. The summed E-state index contributed by atoms with van der Waals surface area (Å²) in [4.78, 5) is 25.7. The van der Waals surface area contributed by atoms with Gasteiger partial charge in [-0.05, 0) is 61.8 Å². The van der Waals surface area contributed by atoms with Crippen LogP contribution in [0.15, 0.2) is 29.2 Å². The molecule has 0 aliphatic rings. The van der Waals surface area contributed by atoms with Gasteiger partial charge in [0.1, 0.15) is 5.56 Å². The van der Waals surface area contributed by atoms with Crippen LogP contribution in [0, 0.1) is 3.57 Å². The first kappa shape index (κ1) is 16.0. The Kier molecular flexibility index (Phi) is 4.67. The summed E-state index contributed by atoms with van der Waals surface area (Å²) in [5.74, 6) is -1.19. The quantitative estimate of drug-likeness (QED) is 0.801. The van der Waals surface area contributed by atoms with Crippen LogP contribution in [-0.2, 0) is 0 Å². The molecule has 2 rings (SSSR count). The van der Waals surface area contributed by atoms with E-state index in [4.69, 9.17) is 0 Å². The normalized spacial score (nSPS) is 12.8. The van der Waals surface area contributed by atoms with Gasteiger partial charge in [-0.25, -0.2) is 4.79 Å². The number of carboxylic acid groups (broad SMARTS) is 1. The fourth-order valence-electron chi connectivity index (χ4n) is 2.46. The molecular weight excluding hydrogens is 383 g/mol. The predicted molar refractivity (Wildman–Crippen MR) is 91.1 cm³/mol. The second kappa shape index (κ2) is 6.15. The Bertz CT molecular complexity index is 752. The highest BCUT2D eigenvalue weighted by Gasteiger charge is 2.17. The number of carbonyl (C=O) groups is 1. The molecule has 1 N–H and O–H groups in total. The van der Waals surface area contributed by atoms with E-state index in [0.717, 1.165) is 15.6 Å². The van der Waals surface area contributed by atoms with Gasteiger partial charge >= 0.3 is 5.97 Å². The molecule has 1 atom stereocenters. The molecule has 0 bridgehead atoms. The standard InChI is InChI=1S/C15H17IN2O3/c1-9(7-17(2)3)18-8-12(15(20)21)14(19)11-6-10(16)4-5-13(11)18/h4-6,8-9H,7H2,1-3H3,(H,20,21). The maximum atomic E-state index is 12.3. The second-order valence-corrected chi connectivity index (χ2v) is 6.60. The third-order valence-corrected chi connectivity index (χ3v) is 4.00. The molecule has 1 aromatic heterocycles. The Labute approximate surface area is 136 Å². The maximum Gasteiger partial charge on any atom is 0.341 e. The number of aromatic carboxylic acids is 1. The average molecular weight is 400 g/mol. The molecule has 0 spiro atoms. The van der Waals surface area contributed by atoms with Crippen molar-refractivity contribution in [3.05, 3.63) is 43.8 Å². The minimum atomic E-state index is -1.19. The molecule has 0 fully saturated rings. The average Bonchev–Trinajstić information content (AvgIpc) is 2.38.